The predicted octanol–water partition coefficient (Wildman–Crippen LogP) is 13.8. The number of benzene rings is 12. The smallest absolute Gasteiger partial charge is 0.252 e. The van der Waals surface area contributed by atoms with E-state index in [9.17, 15) is 0 Å². The maximum Gasteiger partial charge on any atom is 0.252 e. The molecule has 16 rings (SSSR count). The van der Waals surface area contributed by atoms with Crippen LogP contribution < -0.4 is 52.4 Å². The maximum absolute atomic E-state index is 2.54. The van der Waals surface area contributed by atoms with Crippen LogP contribution in [0, 0.1) is 0 Å². The van der Waals surface area contributed by atoms with Crippen LogP contribution in [0.25, 0.3) is 32.7 Å². The highest BCUT2D eigenvalue weighted by Gasteiger charge is 2.45. The lowest BCUT2D eigenvalue weighted by Crippen LogP contribution is -2.61. The first-order valence-electron chi connectivity index (χ1n) is 25.8. The molecule has 0 aliphatic carbocycles. The van der Waals surface area contributed by atoms with Crippen molar-refractivity contribution in [3.05, 3.63) is 267 Å². The number of anilines is 12. The second-order valence-electron chi connectivity index (χ2n) is 19.9. The van der Waals surface area contributed by atoms with Gasteiger partial charge >= 0.3 is 0 Å². The Kier molecular flexibility index (Phi) is 8.89. The Bertz CT molecular complexity index is 4260. The van der Waals surface area contributed by atoms with E-state index in [0.717, 1.165) is 22.7 Å². The van der Waals surface area contributed by atoms with Gasteiger partial charge in [0.25, 0.3) is 13.4 Å². The highest BCUT2D eigenvalue weighted by molar-refractivity contribution is 7.01. The second kappa shape index (κ2) is 16.0. The van der Waals surface area contributed by atoms with E-state index in [1.54, 1.807) is 0 Å². The zero-order valence-electron chi connectivity index (χ0n) is 40.3. The SMILES string of the molecule is c1ccc(N2c3ccccc3B3c4ccccc4N(c4cccc(-c5cccc6c7c(ccc56)B5c6ccc8ccccc8c6N(c6ccccc6)c6cccc(c65)N7c5ccccc5)c4)c4cccc2c43)cc1. The summed E-state index contributed by atoms with van der Waals surface area (Å²) in [5.74, 6) is 0. The van der Waals surface area contributed by atoms with Crippen LogP contribution in [0.3, 0.4) is 0 Å². The highest BCUT2D eigenvalue weighted by Crippen LogP contribution is 2.49. The normalized spacial score (nSPS) is 13.5. The van der Waals surface area contributed by atoms with Gasteiger partial charge in [0.05, 0.1) is 0 Å². The lowest BCUT2D eigenvalue weighted by Gasteiger charge is -2.44. The molecule has 342 valence electrons. The first kappa shape index (κ1) is 41.1. The van der Waals surface area contributed by atoms with Crippen LogP contribution in [0.4, 0.5) is 68.2 Å². The molecule has 0 spiro atoms. The van der Waals surface area contributed by atoms with Crippen LogP contribution in [0.1, 0.15) is 0 Å². The Morgan fingerprint density at radius 1 is 0.243 bits per heavy atom. The van der Waals surface area contributed by atoms with Crippen LogP contribution in [0.2, 0.25) is 0 Å². The summed E-state index contributed by atoms with van der Waals surface area (Å²) in [6.07, 6.45) is 0. The lowest BCUT2D eigenvalue weighted by molar-refractivity contribution is 1.25. The standard InChI is InChI=1S/C68H44B2N4/c1-4-22-47(23-5-1)71-59-34-14-12-32-55(59)69-56-33-13-15-35-60(56)72(62-37-18-36-61(71)65(62)69)50-28-16-21-46(44-50)51-30-17-31-54-53(51)41-43-58-68(54)74(49-26-8-3-9-27-49)64-39-19-38-63-66(64)70(58)57-42-40-45-20-10-11-29-52(45)67(57)73(63)48-24-6-2-7-25-48/h1-44H. The largest absolute Gasteiger partial charge is 0.311 e. The third-order valence-corrected chi connectivity index (χ3v) is 16.2. The summed E-state index contributed by atoms with van der Waals surface area (Å²) in [7, 11) is 0. The Balaban J connectivity index is 0.897. The summed E-state index contributed by atoms with van der Waals surface area (Å²) in [6, 6.07) is 99.1. The molecular weight excluding hydrogens is 894 g/mol. The molecule has 4 nitrogen and oxygen atoms in total. The van der Waals surface area contributed by atoms with Gasteiger partial charge in [-0.25, -0.2) is 0 Å². The fourth-order valence-electron chi connectivity index (χ4n) is 13.3. The molecule has 0 unspecified atom stereocenters. The molecule has 0 fully saturated rings. The summed E-state index contributed by atoms with van der Waals surface area (Å²) in [6.45, 7) is 0.0824. The van der Waals surface area contributed by atoms with Crippen molar-refractivity contribution in [2.45, 2.75) is 0 Å². The Morgan fingerprint density at radius 2 is 0.662 bits per heavy atom. The maximum atomic E-state index is 2.54. The predicted molar refractivity (Wildman–Crippen MR) is 315 cm³/mol. The minimum absolute atomic E-state index is 0.00306. The summed E-state index contributed by atoms with van der Waals surface area (Å²) < 4.78 is 0. The molecule has 0 amide bonds. The monoisotopic (exact) mass is 938 g/mol. The van der Waals surface area contributed by atoms with E-state index in [1.807, 2.05) is 0 Å². The lowest BCUT2D eigenvalue weighted by atomic mass is 9.33. The van der Waals surface area contributed by atoms with Gasteiger partial charge in [0, 0.05) is 79.0 Å². The molecule has 12 aromatic rings. The molecule has 0 saturated heterocycles. The van der Waals surface area contributed by atoms with E-state index < -0.39 is 0 Å². The van der Waals surface area contributed by atoms with Crippen molar-refractivity contribution in [2.75, 3.05) is 19.6 Å². The fraction of sp³-hybridized carbons (Fsp3) is 0. The number of nitrogens with zero attached hydrogens (tertiary/aromatic N) is 4. The molecule has 0 aromatic heterocycles. The molecule has 0 saturated carbocycles. The average Bonchev–Trinajstić information content (AvgIpc) is 3.59. The van der Waals surface area contributed by atoms with Crippen molar-refractivity contribution in [1.29, 1.82) is 0 Å². The van der Waals surface area contributed by atoms with Crippen molar-refractivity contribution in [1.82, 2.24) is 0 Å². The summed E-state index contributed by atoms with van der Waals surface area (Å²) in [5, 5.41) is 4.93. The van der Waals surface area contributed by atoms with Gasteiger partial charge in [-0.1, -0.05) is 182 Å². The van der Waals surface area contributed by atoms with E-state index in [4.69, 9.17) is 0 Å². The van der Waals surface area contributed by atoms with Gasteiger partial charge in [-0.3, -0.25) is 0 Å². The summed E-state index contributed by atoms with van der Waals surface area (Å²) in [4.78, 5) is 10.0. The summed E-state index contributed by atoms with van der Waals surface area (Å²) >= 11 is 0. The Hall–Kier alpha value is -9.51. The second-order valence-corrected chi connectivity index (χ2v) is 19.9. The van der Waals surface area contributed by atoms with Crippen LogP contribution in [-0.2, 0) is 0 Å². The first-order valence-corrected chi connectivity index (χ1v) is 25.8. The van der Waals surface area contributed by atoms with Gasteiger partial charge in [-0.2, -0.15) is 0 Å². The van der Waals surface area contributed by atoms with E-state index in [-0.39, 0.29) is 13.4 Å². The fourth-order valence-corrected chi connectivity index (χ4v) is 13.3. The third-order valence-electron chi connectivity index (χ3n) is 16.2. The van der Waals surface area contributed by atoms with Crippen LogP contribution in [0.5, 0.6) is 0 Å². The molecule has 0 bridgehead atoms. The number of rotatable bonds is 5. The molecule has 4 aliphatic rings. The number of hydrogen-bond acceptors (Lipinski definition) is 4. The van der Waals surface area contributed by atoms with Gasteiger partial charge < -0.3 is 19.6 Å². The number of fused-ring (bicyclic) bond motifs is 12. The third kappa shape index (κ3) is 5.82. The quantitative estimate of drug-likeness (QED) is 0.159. The molecule has 12 aromatic carbocycles. The minimum Gasteiger partial charge on any atom is -0.311 e. The first-order chi connectivity index (χ1) is 36.8. The van der Waals surface area contributed by atoms with Crippen molar-refractivity contribution in [3.63, 3.8) is 0 Å². The Labute approximate surface area is 431 Å². The Morgan fingerprint density at radius 3 is 1.28 bits per heavy atom. The van der Waals surface area contributed by atoms with Crippen LogP contribution in [-0.4, -0.2) is 13.4 Å². The molecule has 0 N–H and O–H groups in total. The zero-order chi connectivity index (χ0) is 48.4. The van der Waals surface area contributed by atoms with E-state index >= 15 is 0 Å². The van der Waals surface area contributed by atoms with Crippen molar-refractivity contribution >= 4 is 136 Å². The van der Waals surface area contributed by atoms with Crippen molar-refractivity contribution in [2.24, 2.45) is 0 Å². The molecule has 6 heteroatoms. The molecule has 74 heavy (non-hydrogen) atoms. The van der Waals surface area contributed by atoms with E-state index in [0.29, 0.717) is 0 Å². The van der Waals surface area contributed by atoms with Gasteiger partial charge in [0.15, 0.2) is 0 Å². The zero-order valence-corrected chi connectivity index (χ0v) is 40.3. The van der Waals surface area contributed by atoms with Gasteiger partial charge in [-0.15, -0.1) is 0 Å². The van der Waals surface area contributed by atoms with E-state index in [1.165, 1.54) is 111 Å². The molecule has 4 heterocycles. The molecule has 0 atom stereocenters. The van der Waals surface area contributed by atoms with E-state index in [2.05, 4.69) is 287 Å². The minimum atomic E-state index is -0.00306. The van der Waals surface area contributed by atoms with Gasteiger partial charge in [0.2, 0.25) is 0 Å². The number of para-hydroxylation sites is 5. The van der Waals surface area contributed by atoms with Crippen molar-refractivity contribution < 1.29 is 0 Å². The van der Waals surface area contributed by atoms with Crippen LogP contribution in [0.15, 0.2) is 267 Å². The molecule has 4 aliphatic heterocycles. The molecular formula is C68H44B2N4. The summed E-state index contributed by atoms with van der Waals surface area (Å²) in [5.41, 5.74) is 24.6. The van der Waals surface area contributed by atoms with Crippen LogP contribution >= 0.6 is 0 Å². The topological polar surface area (TPSA) is 13.0 Å². The van der Waals surface area contributed by atoms with Gasteiger partial charge in [0.1, 0.15) is 0 Å². The molecule has 0 radical (unpaired) electrons. The average molecular weight is 939 g/mol. The number of hydrogen-bond donors (Lipinski definition) is 0. The highest BCUT2D eigenvalue weighted by atomic mass is 15.2. The van der Waals surface area contributed by atoms with Gasteiger partial charge in [-0.05, 0) is 140 Å². The van der Waals surface area contributed by atoms with Crippen molar-refractivity contribution in [3.8, 4) is 11.1 Å².